The maximum Gasteiger partial charge on any atom is -0.0168 e. The largest absolute Gasteiger partial charge is 0.0871 e. The lowest BCUT2D eigenvalue weighted by Crippen LogP contribution is -2.31. The summed E-state index contributed by atoms with van der Waals surface area (Å²) in [6.07, 6.45) is 13.2. The van der Waals surface area contributed by atoms with E-state index in [1.807, 2.05) is 31.2 Å². The van der Waals surface area contributed by atoms with Gasteiger partial charge in [-0.3, -0.25) is 0 Å². The predicted molar refractivity (Wildman–Crippen MR) is 119 cm³/mol. The van der Waals surface area contributed by atoms with E-state index in [1.165, 1.54) is 30.4 Å². The third-order valence-corrected chi connectivity index (χ3v) is 7.34. The molecule has 2 aromatic carbocycles. The summed E-state index contributed by atoms with van der Waals surface area (Å²) in [7, 11) is 0. The van der Waals surface area contributed by atoms with Crippen LogP contribution >= 0.6 is 0 Å². The third kappa shape index (κ3) is 4.10. The molecule has 0 heteroatoms. The van der Waals surface area contributed by atoms with Crippen molar-refractivity contribution >= 4 is 12.2 Å². The van der Waals surface area contributed by atoms with Crippen molar-refractivity contribution in [2.24, 2.45) is 22.7 Å². The van der Waals surface area contributed by atoms with Crippen LogP contribution in [0.25, 0.3) is 12.2 Å². The molecule has 2 aliphatic rings. The van der Waals surface area contributed by atoms with Gasteiger partial charge in [-0.1, -0.05) is 106 Å². The lowest BCUT2D eigenvalue weighted by atomic mass is 9.66. The van der Waals surface area contributed by atoms with Crippen LogP contribution in [-0.2, 0) is 0 Å². The van der Waals surface area contributed by atoms with Gasteiger partial charge in [-0.2, -0.15) is 0 Å². The first-order valence-electron chi connectivity index (χ1n) is 10.4. The van der Waals surface area contributed by atoms with Gasteiger partial charge in [0.25, 0.3) is 0 Å². The smallest absolute Gasteiger partial charge is 0.0168 e. The monoisotopic (exact) mass is 358 g/mol. The van der Waals surface area contributed by atoms with Crippen LogP contribution in [0.5, 0.6) is 0 Å². The molecule has 0 heterocycles. The molecule has 0 spiro atoms. The van der Waals surface area contributed by atoms with Crippen molar-refractivity contribution in [2.45, 2.75) is 47.0 Å². The average Bonchev–Trinajstić information content (AvgIpc) is 3.02. The fourth-order valence-electron chi connectivity index (χ4n) is 5.10. The molecule has 2 bridgehead atoms. The van der Waals surface area contributed by atoms with Crippen LogP contribution < -0.4 is 0 Å². The molecule has 0 N–H and O–H groups in total. The Morgan fingerprint density at radius 3 is 1.81 bits per heavy atom. The van der Waals surface area contributed by atoms with Crippen LogP contribution in [-0.4, -0.2) is 0 Å². The molecule has 0 radical (unpaired) electrons. The zero-order valence-corrected chi connectivity index (χ0v) is 17.4. The van der Waals surface area contributed by atoms with E-state index in [0.29, 0.717) is 10.8 Å². The van der Waals surface area contributed by atoms with E-state index in [2.05, 4.69) is 81.5 Å². The number of hydrogen-bond donors (Lipinski definition) is 0. The molecule has 0 aromatic heterocycles. The Kier molecular flexibility index (Phi) is 6.05. The molecule has 0 aliphatic heterocycles. The summed E-state index contributed by atoms with van der Waals surface area (Å²) < 4.78 is 0. The molecular formula is C27H34. The van der Waals surface area contributed by atoms with E-state index in [0.717, 1.165) is 11.8 Å². The van der Waals surface area contributed by atoms with Gasteiger partial charge in [0.1, 0.15) is 0 Å². The topological polar surface area (TPSA) is 0 Å². The Morgan fingerprint density at radius 1 is 0.815 bits per heavy atom. The fourth-order valence-corrected chi connectivity index (χ4v) is 5.10. The minimum absolute atomic E-state index is 0.517. The molecule has 27 heavy (non-hydrogen) atoms. The summed E-state index contributed by atoms with van der Waals surface area (Å²) in [6, 6.07) is 21.0. The minimum atomic E-state index is 0.517. The fraction of sp³-hybridized carbons (Fsp3) is 0.407. The quantitative estimate of drug-likeness (QED) is 0.523. The summed E-state index contributed by atoms with van der Waals surface area (Å²) in [5.41, 5.74) is 3.64. The molecule has 4 rings (SSSR count). The highest BCUT2D eigenvalue weighted by Gasteiger charge is 2.60. The van der Waals surface area contributed by atoms with Crippen LogP contribution in [0.2, 0.25) is 0 Å². The number of benzene rings is 2. The van der Waals surface area contributed by atoms with Crippen LogP contribution in [0, 0.1) is 22.7 Å². The zero-order chi connectivity index (χ0) is 19.3. The average molecular weight is 359 g/mol. The van der Waals surface area contributed by atoms with Crippen LogP contribution in [0.3, 0.4) is 0 Å². The summed E-state index contributed by atoms with van der Waals surface area (Å²) in [5.74, 6) is 1.71. The van der Waals surface area contributed by atoms with Crippen molar-refractivity contribution in [3.63, 3.8) is 0 Å². The molecule has 2 aliphatic carbocycles. The summed E-state index contributed by atoms with van der Waals surface area (Å²) >= 11 is 0. The second kappa shape index (κ2) is 8.30. The highest BCUT2D eigenvalue weighted by molar-refractivity contribution is 5.49. The lowest BCUT2D eigenvalue weighted by Gasteiger charge is -2.38. The summed E-state index contributed by atoms with van der Waals surface area (Å²) in [4.78, 5) is 0. The van der Waals surface area contributed by atoms with Gasteiger partial charge in [0, 0.05) is 0 Å². The molecule has 3 unspecified atom stereocenters. The van der Waals surface area contributed by atoms with Gasteiger partial charge < -0.3 is 0 Å². The van der Waals surface area contributed by atoms with Crippen LogP contribution in [0.1, 0.15) is 58.1 Å². The molecule has 2 saturated carbocycles. The van der Waals surface area contributed by atoms with E-state index in [1.54, 1.807) is 0 Å². The Bertz CT molecular complexity index is 766. The van der Waals surface area contributed by atoms with E-state index >= 15 is 0 Å². The SMILES string of the molecule is CC1(C)C2CCC1(C)C(C=Cc1ccccc1)C2.CC=Cc1ccccc1. The molecule has 2 fully saturated rings. The second-order valence-electron chi connectivity index (χ2n) is 8.90. The molecule has 0 amide bonds. The van der Waals surface area contributed by atoms with Crippen molar-refractivity contribution in [2.75, 3.05) is 0 Å². The van der Waals surface area contributed by atoms with Crippen molar-refractivity contribution in [1.29, 1.82) is 0 Å². The summed E-state index contributed by atoms with van der Waals surface area (Å²) in [5, 5.41) is 0. The first-order valence-corrected chi connectivity index (χ1v) is 10.4. The highest BCUT2D eigenvalue weighted by atomic mass is 14.6. The van der Waals surface area contributed by atoms with Crippen molar-refractivity contribution in [3.05, 3.63) is 83.9 Å². The molecule has 3 atom stereocenters. The molecule has 0 saturated heterocycles. The molecule has 2 aromatic rings. The molecule has 0 nitrogen and oxygen atoms in total. The van der Waals surface area contributed by atoms with Crippen LogP contribution in [0.15, 0.2) is 72.8 Å². The number of fused-ring (bicyclic) bond motifs is 2. The lowest BCUT2D eigenvalue weighted by molar-refractivity contribution is 0.124. The van der Waals surface area contributed by atoms with E-state index in [4.69, 9.17) is 0 Å². The van der Waals surface area contributed by atoms with Gasteiger partial charge in [0.15, 0.2) is 0 Å². The number of rotatable bonds is 3. The normalized spacial score (nSPS) is 28.4. The minimum Gasteiger partial charge on any atom is -0.0871 e. The Balaban J connectivity index is 0.000000197. The Morgan fingerprint density at radius 2 is 1.37 bits per heavy atom. The maximum absolute atomic E-state index is 2.51. The van der Waals surface area contributed by atoms with E-state index in [9.17, 15) is 0 Å². The van der Waals surface area contributed by atoms with Gasteiger partial charge in [-0.05, 0) is 60.0 Å². The molecule has 142 valence electrons. The standard InChI is InChI=1S/C18H24.C9H10/c1-17(2)15-11-12-18(17,3)16(13-15)10-9-14-7-5-4-6-8-14;1-2-6-9-7-4-3-5-8-9/h4-10,15-16H,11-13H2,1-3H3;2-8H,1H3. The molecular weight excluding hydrogens is 324 g/mol. The van der Waals surface area contributed by atoms with Gasteiger partial charge in [0.2, 0.25) is 0 Å². The first-order chi connectivity index (χ1) is 13.0. The van der Waals surface area contributed by atoms with Gasteiger partial charge in [0.05, 0.1) is 0 Å². The van der Waals surface area contributed by atoms with E-state index in [-0.39, 0.29) is 0 Å². The zero-order valence-electron chi connectivity index (χ0n) is 17.4. The third-order valence-electron chi connectivity index (χ3n) is 7.34. The number of allylic oxidation sites excluding steroid dienone is 2. The van der Waals surface area contributed by atoms with Crippen molar-refractivity contribution < 1.29 is 0 Å². The van der Waals surface area contributed by atoms with Gasteiger partial charge in [-0.15, -0.1) is 0 Å². The first kappa shape index (κ1) is 19.7. The Hall–Kier alpha value is -2.08. The van der Waals surface area contributed by atoms with Crippen LogP contribution in [0.4, 0.5) is 0 Å². The van der Waals surface area contributed by atoms with Gasteiger partial charge in [-0.25, -0.2) is 0 Å². The Labute approximate surface area is 166 Å². The number of hydrogen-bond acceptors (Lipinski definition) is 0. The highest BCUT2D eigenvalue weighted by Crippen LogP contribution is 2.68. The van der Waals surface area contributed by atoms with Gasteiger partial charge >= 0.3 is 0 Å². The van der Waals surface area contributed by atoms with Crippen molar-refractivity contribution in [1.82, 2.24) is 0 Å². The second-order valence-corrected chi connectivity index (χ2v) is 8.90. The summed E-state index contributed by atoms with van der Waals surface area (Å²) in [6.45, 7) is 9.51. The van der Waals surface area contributed by atoms with Crippen molar-refractivity contribution in [3.8, 4) is 0 Å². The predicted octanol–water partition coefficient (Wildman–Crippen LogP) is 7.88. The van der Waals surface area contributed by atoms with E-state index < -0.39 is 0 Å². The maximum atomic E-state index is 2.51.